The topological polar surface area (TPSA) is 137 Å². The number of carboxylic acid groups (broad SMARTS) is 1. The van der Waals surface area contributed by atoms with E-state index in [9.17, 15) is 38.0 Å². The molecule has 3 heterocycles. The molecule has 0 saturated heterocycles. The molecule has 0 radical (unpaired) electrons. The van der Waals surface area contributed by atoms with Crippen LogP contribution in [0.1, 0.15) is 21.7 Å². The lowest BCUT2D eigenvalue weighted by Gasteiger charge is -2.15. The van der Waals surface area contributed by atoms with Crippen LogP contribution in [0.4, 0.5) is 18.9 Å². The van der Waals surface area contributed by atoms with Gasteiger partial charge in [-0.2, -0.15) is 13.2 Å². The normalized spacial score (nSPS) is 11.7. The number of ether oxygens (including phenoxy) is 1. The molecule has 0 fully saturated rings. The Labute approximate surface area is 236 Å². The molecule has 0 unspecified atom stereocenters. The van der Waals surface area contributed by atoms with Crippen LogP contribution >= 0.6 is 22.9 Å². The van der Waals surface area contributed by atoms with Crippen molar-refractivity contribution < 1.29 is 32.7 Å². The molecule has 0 aliphatic rings. The lowest BCUT2D eigenvalue weighted by Crippen LogP contribution is -2.27. The van der Waals surface area contributed by atoms with Crippen molar-refractivity contribution in [1.82, 2.24) is 14.5 Å². The molecule has 10 nitrogen and oxygen atoms in total. The molecule has 0 aliphatic carbocycles. The second-order valence-corrected chi connectivity index (χ2v) is 10.1. The van der Waals surface area contributed by atoms with Gasteiger partial charge in [0.2, 0.25) is 0 Å². The highest BCUT2D eigenvalue weighted by Crippen LogP contribution is 2.40. The molecule has 210 valence electrons. The van der Waals surface area contributed by atoms with Crippen molar-refractivity contribution in [1.29, 1.82) is 0 Å². The number of hydrogen-bond donors (Lipinski definition) is 1. The summed E-state index contributed by atoms with van der Waals surface area (Å²) in [4.78, 5) is 43.5. The number of nitro benzene ring substituents is 1. The Balaban J connectivity index is 1.50. The first-order valence-electron chi connectivity index (χ1n) is 11.7. The van der Waals surface area contributed by atoms with Crippen molar-refractivity contribution in [2.75, 3.05) is 6.61 Å². The number of nitrogens with zero attached hydrogens (tertiary/aromatic N) is 4. The van der Waals surface area contributed by atoms with Crippen LogP contribution < -0.4 is 10.3 Å². The summed E-state index contributed by atoms with van der Waals surface area (Å²) in [6, 6.07) is 7.40. The van der Waals surface area contributed by atoms with Gasteiger partial charge < -0.3 is 9.84 Å². The van der Waals surface area contributed by atoms with Crippen LogP contribution in [0.5, 0.6) is 5.75 Å². The maximum absolute atomic E-state index is 13.3. The summed E-state index contributed by atoms with van der Waals surface area (Å²) in [5, 5.41) is 22.3. The number of rotatable bonds is 7. The highest BCUT2D eigenvalue weighted by molar-refractivity contribution is 7.18. The molecule has 0 bridgehead atoms. The third kappa shape index (κ3) is 5.18. The smallest absolute Gasteiger partial charge is 0.416 e. The predicted octanol–water partition coefficient (Wildman–Crippen LogP) is 6.34. The Morgan fingerprint density at radius 1 is 1.22 bits per heavy atom. The summed E-state index contributed by atoms with van der Waals surface area (Å²) in [5.41, 5.74) is -2.13. The van der Waals surface area contributed by atoms with Gasteiger partial charge in [-0.3, -0.25) is 24.5 Å². The van der Waals surface area contributed by atoms with Crippen LogP contribution in [0.15, 0.2) is 52.8 Å². The average Bonchev–Trinajstić information content (AvgIpc) is 3.35. The van der Waals surface area contributed by atoms with Gasteiger partial charge in [-0.1, -0.05) is 11.6 Å². The second-order valence-electron chi connectivity index (χ2n) is 8.74. The standard InChI is InChI=1S/C26H16ClF3N4O6S/c1-12-32-18-8-13(26(28,29)30)9-19(34(38)39)21(18)24(35)33(12)6-7-40-20-3-2-14(27)10-16(20)15-4-5-31-22-17(25(36)37)11-41-23(15)22/h2-5,8-11H,6-7H2,1H3,(H,36,37). The number of fused-ring (bicyclic) bond motifs is 2. The number of carbonyl (C=O) groups is 1. The van der Waals surface area contributed by atoms with Gasteiger partial charge in [-0.25, -0.2) is 9.78 Å². The average molecular weight is 605 g/mol. The first-order valence-corrected chi connectivity index (χ1v) is 12.9. The van der Waals surface area contributed by atoms with Gasteiger partial charge in [0.15, 0.2) is 0 Å². The van der Waals surface area contributed by atoms with Gasteiger partial charge in [0.25, 0.3) is 11.2 Å². The zero-order valence-electron chi connectivity index (χ0n) is 20.7. The number of aromatic carboxylic acids is 1. The van der Waals surface area contributed by atoms with Gasteiger partial charge in [0.05, 0.1) is 38.3 Å². The third-order valence-corrected chi connectivity index (χ3v) is 7.48. The Bertz CT molecular complexity index is 1940. The van der Waals surface area contributed by atoms with Gasteiger partial charge in [-0.15, -0.1) is 11.3 Å². The van der Waals surface area contributed by atoms with Crippen LogP contribution in [0.2, 0.25) is 5.02 Å². The zero-order chi connectivity index (χ0) is 29.6. The molecule has 1 N–H and O–H groups in total. The molecule has 0 atom stereocenters. The van der Waals surface area contributed by atoms with E-state index in [0.29, 0.717) is 44.2 Å². The summed E-state index contributed by atoms with van der Waals surface area (Å²) in [5.74, 6) is -0.748. The summed E-state index contributed by atoms with van der Waals surface area (Å²) < 4.78 is 47.5. The van der Waals surface area contributed by atoms with Crippen LogP contribution in [0, 0.1) is 17.0 Å². The SMILES string of the molecule is Cc1nc2cc(C(F)(F)F)cc([N+](=O)[O-])c2c(=O)n1CCOc1ccc(Cl)cc1-c1ccnc2c(C(=O)O)csc12. The van der Waals surface area contributed by atoms with Crippen molar-refractivity contribution in [3.8, 4) is 16.9 Å². The zero-order valence-corrected chi connectivity index (χ0v) is 22.3. The second kappa shape index (κ2) is 10.4. The van der Waals surface area contributed by atoms with E-state index in [1.165, 1.54) is 29.8 Å². The van der Waals surface area contributed by atoms with E-state index < -0.39 is 44.8 Å². The minimum Gasteiger partial charge on any atom is -0.491 e. The maximum Gasteiger partial charge on any atom is 0.416 e. The molecular formula is C26H16ClF3N4O6S. The molecule has 2 aromatic carbocycles. The first-order chi connectivity index (χ1) is 19.4. The van der Waals surface area contributed by atoms with E-state index in [1.54, 1.807) is 24.3 Å². The fourth-order valence-corrected chi connectivity index (χ4v) is 5.59. The number of aromatic nitrogens is 3. The van der Waals surface area contributed by atoms with Crippen molar-refractivity contribution in [2.24, 2.45) is 0 Å². The third-order valence-electron chi connectivity index (χ3n) is 6.24. The van der Waals surface area contributed by atoms with Crippen molar-refractivity contribution >= 4 is 55.7 Å². The molecule has 5 aromatic rings. The molecule has 0 spiro atoms. The highest BCUT2D eigenvalue weighted by Gasteiger charge is 2.34. The molecule has 41 heavy (non-hydrogen) atoms. The number of hydrogen-bond acceptors (Lipinski definition) is 8. The largest absolute Gasteiger partial charge is 0.491 e. The van der Waals surface area contributed by atoms with Gasteiger partial charge in [0.1, 0.15) is 23.6 Å². The van der Waals surface area contributed by atoms with Crippen molar-refractivity contribution in [2.45, 2.75) is 19.6 Å². The van der Waals surface area contributed by atoms with Crippen LogP contribution in [-0.2, 0) is 12.7 Å². The van der Waals surface area contributed by atoms with Gasteiger partial charge >= 0.3 is 12.1 Å². The van der Waals surface area contributed by atoms with Crippen LogP contribution in [-0.4, -0.2) is 37.1 Å². The molecule has 0 amide bonds. The minimum absolute atomic E-state index is 0.0340. The van der Waals surface area contributed by atoms with E-state index in [0.717, 1.165) is 4.57 Å². The molecular weight excluding hydrogens is 589 g/mol. The number of aryl methyl sites for hydroxylation is 1. The number of carboxylic acids is 1. The van der Waals surface area contributed by atoms with E-state index >= 15 is 0 Å². The number of non-ortho nitro benzene ring substituents is 1. The first kappa shape index (κ1) is 28.0. The molecule has 0 aliphatic heterocycles. The molecule has 0 saturated carbocycles. The Morgan fingerprint density at radius 3 is 2.66 bits per heavy atom. The summed E-state index contributed by atoms with van der Waals surface area (Å²) in [6.45, 7) is 1.13. The van der Waals surface area contributed by atoms with E-state index in [4.69, 9.17) is 16.3 Å². The number of alkyl halides is 3. The Morgan fingerprint density at radius 2 is 1.98 bits per heavy atom. The maximum atomic E-state index is 13.3. The number of thiophene rings is 1. The number of halogens is 4. The predicted molar refractivity (Wildman–Crippen MR) is 145 cm³/mol. The molecule has 3 aromatic heterocycles. The summed E-state index contributed by atoms with van der Waals surface area (Å²) in [7, 11) is 0. The monoisotopic (exact) mass is 604 g/mol. The Kier molecular flexibility index (Phi) is 7.13. The summed E-state index contributed by atoms with van der Waals surface area (Å²) >= 11 is 7.43. The number of benzene rings is 2. The molecule has 5 rings (SSSR count). The van der Waals surface area contributed by atoms with Gasteiger partial charge in [0, 0.05) is 33.8 Å². The fourth-order valence-electron chi connectivity index (χ4n) is 4.39. The lowest BCUT2D eigenvalue weighted by molar-refractivity contribution is -0.383. The van der Waals surface area contributed by atoms with E-state index in [1.807, 2.05) is 0 Å². The quantitative estimate of drug-likeness (QED) is 0.168. The summed E-state index contributed by atoms with van der Waals surface area (Å²) in [6.07, 6.45) is -3.41. The highest BCUT2D eigenvalue weighted by atomic mass is 35.5. The fraction of sp³-hybridized carbons (Fsp3) is 0.154. The lowest BCUT2D eigenvalue weighted by atomic mass is 10.0. The van der Waals surface area contributed by atoms with Crippen molar-refractivity contribution in [3.63, 3.8) is 0 Å². The van der Waals surface area contributed by atoms with E-state index in [2.05, 4.69) is 9.97 Å². The minimum atomic E-state index is -4.87. The van der Waals surface area contributed by atoms with E-state index in [-0.39, 0.29) is 24.5 Å². The van der Waals surface area contributed by atoms with Crippen molar-refractivity contribution in [3.05, 3.63) is 90.4 Å². The van der Waals surface area contributed by atoms with Crippen LogP contribution in [0.3, 0.4) is 0 Å². The van der Waals surface area contributed by atoms with Crippen LogP contribution in [0.25, 0.3) is 32.2 Å². The Hall–Kier alpha value is -4.56. The number of pyridine rings is 1. The molecule has 15 heteroatoms. The van der Waals surface area contributed by atoms with Gasteiger partial charge in [-0.05, 0) is 37.3 Å². The number of nitro groups is 1.